The summed E-state index contributed by atoms with van der Waals surface area (Å²) in [5.41, 5.74) is 5.63. The van der Waals surface area contributed by atoms with Crippen LogP contribution in [0.4, 0.5) is 5.82 Å². The standard InChI is InChI=1S/C27H25N5/c1-19-30-26(24-11-10-21-7-3-4-8-23(21)15-24)16-27(31-19)28-13-12-20-6-5-9-22(14-20)25-17-29-32(2)18-25/h3-11,14-18H,12-13H2,1-2H3,(H,28,30,31). The summed E-state index contributed by atoms with van der Waals surface area (Å²) in [4.78, 5) is 9.25. The minimum absolute atomic E-state index is 0.761. The number of benzene rings is 3. The number of rotatable bonds is 6. The van der Waals surface area contributed by atoms with Crippen molar-refractivity contribution < 1.29 is 0 Å². The highest BCUT2D eigenvalue weighted by Crippen LogP contribution is 2.25. The number of hydrogen-bond acceptors (Lipinski definition) is 4. The molecule has 0 fully saturated rings. The largest absolute Gasteiger partial charge is 0.370 e. The lowest BCUT2D eigenvalue weighted by atomic mass is 10.0. The van der Waals surface area contributed by atoms with Crippen molar-refractivity contribution in [3.63, 3.8) is 0 Å². The molecule has 0 bridgehead atoms. The van der Waals surface area contributed by atoms with Crippen LogP contribution in [0, 0.1) is 6.92 Å². The first-order valence-electron chi connectivity index (χ1n) is 10.8. The number of nitrogens with zero attached hydrogens (tertiary/aromatic N) is 4. The topological polar surface area (TPSA) is 55.6 Å². The highest BCUT2D eigenvalue weighted by Gasteiger charge is 2.07. The van der Waals surface area contributed by atoms with E-state index >= 15 is 0 Å². The van der Waals surface area contributed by atoms with Crippen LogP contribution >= 0.6 is 0 Å². The molecule has 0 amide bonds. The maximum Gasteiger partial charge on any atom is 0.130 e. The second kappa shape index (κ2) is 8.63. The first kappa shape index (κ1) is 19.9. The van der Waals surface area contributed by atoms with Gasteiger partial charge in [0.2, 0.25) is 0 Å². The highest BCUT2D eigenvalue weighted by molar-refractivity contribution is 5.87. The first-order chi connectivity index (χ1) is 15.6. The molecule has 0 spiro atoms. The van der Waals surface area contributed by atoms with Crippen LogP contribution in [0.15, 0.2) is 85.2 Å². The molecular weight excluding hydrogens is 394 g/mol. The smallest absolute Gasteiger partial charge is 0.130 e. The van der Waals surface area contributed by atoms with Crippen molar-refractivity contribution in [1.29, 1.82) is 0 Å². The van der Waals surface area contributed by atoms with E-state index < -0.39 is 0 Å². The Morgan fingerprint density at radius 2 is 1.69 bits per heavy atom. The Hall–Kier alpha value is -3.99. The van der Waals surface area contributed by atoms with E-state index in [0.717, 1.165) is 41.4 Å². The van der Waals surface area contributed by atoms with Crippen LogP contribution in [0.2, 0.25) is 0 Å². The van der Waals surface area contributed by atoms with Crippen molar-refractivity contribution in [2.75, 3.05) is 11.9 Å². The maximum absolute atomic E-state index is 4.67. The predicted octanol–water partition coefficient (Wildman–Crippen LogP) is 5.66. The Bertz CT molecular complexity index is 1390. The van der Waals surface area contributed by atoms with E-state index in [1.54, 1.807) is 0 Å². The van der Waals surface area contributed by atoms with Crippen molar-refractivity contribution in [2.45, 2.75) is 13.3 Å². The molecule has 32 heavy (non-hydrogen) atoms. The number of anilines is 1. The SMILES string of the molecule is Cc1nc(NCCc2cccc(-c3cnn(C)c3)c2)cc(-c2ccc3ccccc3c2)n1. The van der Waals surface area contributed by atoms with Gasteiger partial charge in [0, 0.05) is 37.0 Å². The van der Waals surface area contributed by atoms with E-state index in [1.165, 1.54) is 21.9 Å². The minimum Gasteiger partial charge on any atom is -0.370 e. The third-order valence-electron chi connectivity index (χ3n) is 5.57. The van der Waals surface area contributed by atoms with Crippen LogP contribution in [0.1, 0.15) is 11.4 Å². The van der Waals surface area contributed by atoms with E-state index in [2.05, 4.69) is 87.1 Å². The van der Waals surface area contributed by atoms with Crippen LogP contribution in [-0.2, 0) is 13.5 Å². The van der Waals surface area contributed by atoms with Crippen molar-refractivity contribution in [3.05, 3.63) is 96.6 Å². The van der Waals surface area contributed by atoms with Gasteiger partial charge >= 0.3 is 0 Å². The molecule has 2 heterocycles. The summed E-state index contributed by atoms with van der Waals surface area (Å²) in [5.74, 6) is 1.61. The van der Waals surface area contributed by atoms with Crippen LogP contribution in [0.25, 0.3) is 33.2 Å². The van der Waals surface area contributed by atoms with Crippen LogP contribution < -0.4 is 5.32 Å². The van der Waals surface area contributed by atoms with Gasteiger partial charge in [0.15, 0.2) is 0 Å². The number of hydrogen-bond donors (Lipinski definition) is 1. The molecular formula is C27H25N5. The summed E-state index contributed by atoms with van der Waals surface area (Å²) in [6.07, 6.45) is 4.84. The van der Waals surface area contributed by atoms with E-state index in [9.17, 15) is 0 Å². The number of aryl methyl sites for hydroxylation is 2. The lowest BCUT2D eigenvalue weighted by molar-refractivity contribution is 0.768. The molecule has 0 saturated carbocycles. The lowest BCUT2D eigenvalue weighted by Crippen LogP contribution is -2.08. The first-order valence-corrected chi connectivity index (χ1v) is 10.8. The molecule has 158 valence electrons. The van der Waals surface area contributed by atoms with E-state index in [1.807, 2.05) is 37.1 Å². The average molecular weight is 420 g/mol. The predicted molar refractivity (Wildman–Crippen MR) is 131 cm³/mol. The molecule has 5 heteroatoms. The molecule has 0 unspecified atom stereocenters. The average Bonchev–Trinajstić information content (AvgIpc) is 3.25. The molecule has 0 atom stereocenters. The summed E-state index contributed by atoms with van der Waals surface area (Å²) in [5, 5.41) is 10.2. The van der Waals surface area contributed by atoms with Crippen LogP contribution in [0.5, 0.6) is 0 Å². The van der Waals surface area contributed by atoms with Gasteiger partial charge in [0.1, 0.15) is 11.6 Å². The summed E-state index contributed by atoms with van der Waals surface area (Å²) in [6.45, 7) is 2.73. The van der Waals surface area contributed by atoms with Gasteiger partial charge in [-0.15, -0.1) is 0 Å². The van der Waals surface area contributed by atoms with Crippen molar-refractivity contribution in [1.82, 2.24) is 19.7 Å². The zero-order valence-electron chi connectivity index (χ0n) is 18.3. The Kier molecular flexibility index (Phi) is 5.38. The van der Waals surface area contributed by atoms with Gasteiger partial charge in [-0.25, -0.2) is 9.97 Å². The number of fused-ring (bicyclic) bond motifs is 1. The second-order valence-electron chi connectivity index (χ2n) is 8.03. The fourth-order valence-corrected chi connectivity index (χ4v) is 3.97. The van der Waals surface area contributed by atoms with Gasteiger partial charge in [0.05, 0.1) is 11.9 Å². The van der Waals surface area contributed by atoms with Gasteiger partial charge in [-0.05, 0) is 41.3 Å². The molecule has 0 aliphatic rings. The van der Waals surface area contributed by atoms with E-state index in [-0.39, 0.29) is 0 Å². The zero-order valence-corrected chi connectivity index (χ0v) is 18.3. The van der Waals surface area contributed by atoms with Crippen LogP contribution in [0.3, 0.4) is 0 Å². The van der Waals surface area contributed by atoms with Crippen molar-refractivity contribution >= 4 is 16.6 Å². The second-order valence-corrected chi connectivity index (χ2v) is 8.03. The van der Waals surface area contributed by atoms with Gasteiger partial charge in [0.25, 0.3) is 0 Å². The lowest BCUT2D eigenvalue weighted by Gasteiger charge is -2.10. The van der Waals surface area contributed by atoms with Crippen LogP contribution in [-0.4, -0.2) is 26.3 Å². The fourth-order valence-electron chi connectivity index (χ4n) is 3.97. The highest BCUT2D eigenvalue weighted by atomic mass is 15.2. The summed E-state index contributed by atoms with van der Waals surface area (Å²) < 4.78 is 1.83. The fraction of sp³-hybridized carbons (Fsp3) is 0.148. The molecule has 5 nitrogen and oxygen atoms in total. The number of aromatic nitrogens is 4. The Morgan fingerprint density at radius 1 is 0.812 bits per heavy atom. The molecule has 0 saturated heterocycles. The summed E-state index contributed by atoms with van der Waals surface area (Å²) in [6, 6.07) is 25.5. The van der Waals surface area contributed by atoms with Gasteiger partial charge in [-0.2, -0.15) is 5.10 Å². The molecule has 5 aromatic rings. The molecule has 5 rings (SSSR count). The molecule has 0 aliphatic carbocycles. The molecule has 0 radical (unpaired) electrons. The summed E-state index contributed by atoms with van der Waals surface area (Å²) in [7, 11) is 1.94. The molecule has 1 N–H and O–H groups in total. The van der Waals surface area contributed by atoms with Crippen molar-refractivity contribution in [2.24, 2.45) is 7.05 Å². The molecule has 2 aromatic heterocycles. The molecule has 0 aliphatic heterocycles. The van der Waals surface area contributed by atoms with E-state index in [0.29, 0.717) is 0 Å². The Balaban J connectivity index is 1.30. The third kappa shape index (κ3) is 4.37. The third-order valence-corrected chi connectivity index (χ3v) is 5.57. The zero-order chi connectivity index (χ0) is 21.9. The Morgan fingerprint density at radius 3 is 2.53 bits per heavy atom. The molecule has 3 aromatic carbocycles. The van der Waals surface area contributed by atoms with E-state index in [4.69, 9.17) is 0 Å². The monoisotopic (exact) mass is 419 g/mol. The van der Waals surface area contributed by atoms with Gasteiger partial charge < -0.3 is 5.32 Å². The minimum atomic E-state index is 0.761. The summed E-state index contributed by atoms with van der Waals surface area (Å²) >= 11 is 0. The normalized spacial score (nSPS) is 11.1. The quantitative estimate of drug-likeness (QED) is 0.386. The van der Waals surface area contributed by atoms with Gasteiger partial charge in [-0.3, -0.25) is 4.68 Å². The maximum atomic E-state index is 4.67. The Labute approximate surface area is 187 Å². The number of nitrogens with one attached hydrogen (secondary N) is 1. The van der Waals surface area contributed by atoms with Crippen molar-refractivity contribution in [3.8, 4) is 22.4 Å². The van der Waals surface area contributed by atoms with Gasteiger partial charge in [-0.1, -0.05) is 60.7 Å².